The smallest absolute Gasteiger partial charge is 0.231 e. The van der Waals surface area contributed by atoms with E-state index in [4.69, 9.17) is 28.4 Å². The van der Waals surface area contributed by atoms with E-state index < -0.39 is 0 Å². The number of hydrogen-bond acceptors (Lipinski definition) is 7. The van der Waals surface area contributed by atoms with Gasteiger partial charge in [-0.1, -0.05) is 0 Å². The van der Waals surface area contributed by atoms with E-state index in [1.165, 1.54) is 21.3 Å². The van der Waals surface area contributed by atoms with Gasteiger partial charge in [-0.15, -0.1) is 0 Å². The van der Waals surface area contributed by atoms with Gasteiger partial charge in [0.1, 0.15) is 0 Å². The van der Waals surface area contributed by atoms with E-state index >= 15 is 0 Å². The Hall–Kier alpha value is -3.35. The largest absolute Gasteiger partial charge is 0.501 e. The summed E-state index contributed by atoms with van der Waals surface area (Å²) in [5.74, 6) is 2.03. The zero-order valence-electron chi connectivity index (χ0n) is 16.1. The third kappa shape index (κ3) is 2.46. The second-order valence-corrected chi connectivity index (χ2v) is 6.10. The third-order valence-corrected chi connectivity index (χ3v) is 4.76. The lowest BCUT2D eigenvalue weighted by Crippen LogP contribution is -2.01. The fraction of sp³-hybridized carbons (Fsp3) is 0.286. The summed E-state index contributed by atoms with van der Waals surface area (Å²) in [7, 11) is 4.57. The van der Waals surface area contributed by atoms with Crippen LogP contribution in [0.1, 0.15) is 28.4 Å². The lowest BCUT2D eigenvalue weighted by atomic mass is 9.97. The Bertz CT molecular complexity index is 991. The van der Waals surface area contributed by atoms with Gasteiger partial charge in [-0.2, -0.15) is 0 Å². The molecule has 0 amide bonds. The lowest BCUT2D eigenvalue weighted by molar-refractivity contribution is 0.103. The fourth-order valence-corrected chi connectivity index (χ4v) is 3.62. The minimum atomic E-state index is -0.183. The van der Waals surface area contributed by atoms with Crippen molar-refractivity contribution in [1.82, 2.24) is 0 Å². The Kier molecular flexibility index (Phi) is 4.50. The van der Waals surface area contributed by atoms with Crippen molar-refractivity contribution in [2.24, 2.45) is 0 Å². The van der Waals surface area contributed by atoms with Gasteiger partial charge in [0.15, 0.2) is 28.8 Å². The number of ether oxygens (including phenoxy) is 6. The predicted molar refractivity (Wildman–Crippen MR) is 102 cm³/mol. The van der Waals surface area contributed by atoms with Gasteiger partial charge in [-0.05, 0) is 30.7 Å². The summed E-state index contributed by atoms with van der Waals surface area (Å²) in [5, 5.41) is 0. The third-order valence-electron chi connectivity index (χ3n) is 4.76. The van der Waals surface area contributed by atoms with E-state index in [-0.39, 0.29) is 12.6 Å². The van der Waals surface area contributed by atoms with E-state index in [0.29, 0.717) is 57.6 Å². The van der Waals surface area contributed by atoms with Crippen molar-refractivity contribution >= 4 is 11.9 Å². The van der Waals surface area contributed by atoms with E-state index in [2.05, 4.69) is 0 Å². The van der Waals surface area contributed by atoms with Gasteiger partial charge in [0.2, 0.25) is 12.5 Å². The van der Waals surface area contributed by atoms with Crippen LogP contribution in [-0.2, 0) is 4.74 Å². The summed E-state index contributed by atoms with van der Waals surface area (Å²) in [4.78, 5) is 13.3. The van der Waals surface area contributed by atoms with E-state index in [9.17, 15) is 4.79 Å². The number of fused-ring (bicyclic) bond motifs is 5. The summed E-state index contributed by atoms with van der Waals surface area (Å²) < 4.78 is 33.1. The molecule has 0 spiro atoms. The molecule has 0 N–H and O–H groups in total. The van der Waals surface area contributed by atoms with Crippen molar-refractivity contribution < 1.29 is 33.2 Å². The molecular formula is C21H20O7. The van der Waals surface area contributed by atoms with Crippen LogP contribution in [0.3, 0.4) is 0 Å². The van der Waals surface area contributed by atoms with Crippen molar-refractivity contribution in [1.29, 1.82) is 0 Å². The standard InChI is InChI=1S/C21H20O7/c1-5-26-7-6-11-8-14-19(28-10-27-14)17-15(11)16-12(18(17)22)9-13(23-2)20(24-3)21(16)25-4/h6-9H,5,10H2,1-4H3/b7-6+. The van der Waals surface area contributed by atoms with Crippen LogP contribution in [-0.4, -0.2) is 40.5 Å². The minimum Gasteiger partial charge on any atom is -0.501 e. The van der Waals surface area contributed by atoms with Gasteiger partial charge in [0, 0.05) is 16.7 Å². The first kappa shape index (κ1) is 18.0. The average molecular weight is 384 g/mol. The second-order valence-electron chi connectivity index (χ2n) is 6.10. The van der Waals surface area contributed by atoms with Crippen LogP contribution < -0.4 is 23.7 Å². The molecule has 28 heavy (non-hydrogen) atoms. The molecule has 0 atom stereocenters. The first-order valence-corrected chi connectivity index (χ1v) is 8.79. The molecule has 0 unspecified atom stereocenters. The van der Waals surface area contributed by atoms with Crippen molar-refractivity contribution in [3.05, 3.63) is 35.1 Å². The number of hydrogen-bond donors (Lipinski definition) is 0. The van der Waals surface area contributed by atoms with Gasteiger partial charge in [0.25, 0.3) is 0 Å². The molecule has 0 saturated heterocycles. The molecule has 2 aromatic carbocycles. The highest BCUT2D eigenvalue weighted by Crippen LogP contribution is 2.56. The molecule has 2 aromatic rings. The molecule has 0 aromatic heterocycles. The van der Waals surface area contributed by atoms with Crippen molar-refractivity contribution in [2.45, 2.75) is 6.92 Å². The SMILES string of the molecule is CCO/C=C/c1cc2c(c3c1-c1c(cc(OC)c(OC)c1OC)C3=O)OCO2. The summed E-state index contributed by atoms with van der Waals surface area (Å²) in [6.45, 7) is 2.49. The Morgan fingerprint density at radius 3 is 2.46 bits per heavy atom. The first-order valence-electron chi connectivity index (χ1n) is 8.79. The van der Waals surface area contributed by atoms with Gasteiger partial charge < -0.3 is 28.4 Å². The number of rotatable bonds is 6. The zero-order valence-corrected chi connectivity index (χ0v) is 16.1. The molecule has 0 radical (unpaired) electrons. The number of ketones is 1. The normalized spacial score (nSPS) is 13.5. The molecule has 0 fully saturated rings. The van der Waals surface area contributed by atoms with E-state index in [0.717, 1.165) is 5.56 Å². The molecule has 1 heterocycles. The van der Waals surface area contributed by atoms with Crippen LogP contribution >= 0.6 is 0 Å². The lowest BCUT2D eigenvalue weighted by Gasteiger charge is -2.16. The average Bonchev–Trinajstić information content (AvgIpc) is 3.29. The van der Waals surface area contributed by atoms with E-state index in [1.807, 2.05) is 13.0 Å². The highest BCUT2D eigenvalue weighted by atomic mass is 16.7. The first-order chi connectivity index (χ1) is 13.7. The molecule has 7 heteroatoms. The maximum atomic E-state index is 13.3. The summed E-state index contributed by atoms with van der Waals surface area (Å²) >= 11 is 0. The van der Waals surface area contributed by atoms with Crippen LogP contribution in [0.15, 0.2) is 18.4 Å². The summed E-state index contributed by atoms with van der Waals surface area (Å²) in [6, 6.07) is 3.49. The van der Waals surface area contributed by atoms with Crippen LogP contribution in [0.25, 0.3) is 17.2 Å². The molecule has 0 saturated carbocycles. The van der Waals surface area contributed by atoms with Gasteiger partial charge in [-0.3, -0.25) is 4.79 Å². The highest BCUT2D eigenvalue weighted by molar-refractivity contribution is 6.26. The van der Waals surface area contributed by atoms with Crippen LogP contribution in [0.4, 0.5) is 0 Å². The monoisotopic (exact) mass is 384 g/mol. The van der Waals surface area contributed by atoms with Crippen LogP contribution in [0, 0.1) is 0 Å². The van der Waals surface area contributed by atoms with Crippen LogP contribution in [0.5, 0.6) is 28.7 Å². The number of carbonyl (C=O) groups excluding carboxylic acids is 1. The topological polar surface area (TPSA) is 72.5 Å². The second kappa shape index (κ2) is 6.99. The summed E-state index contributed by atoms with van der Waals surface area (Å²) in [5.41, 5.74) is 2.98. The number of carbonyl (C=O) groups is 1. The van der Waals surface area contributed by atoms with Gasteiger partial charge in [-0.25, -0.2) is 0 Å². The Morgan fingerprint density at radius 2 is 1.79 bits per heavy atom. The zero-order chi connectivity index (χ0) is 19.8. The Labute approximate surface area is 162 Å². The highest BCUT2D eigenvalue weighted by Gasteiger charge is 2.40. The molecule has 4 rings (SSSR count). The predicted octanol–water partition coefficient (Wildman–Crippen LogP) is 3.66. The maximum Gasteiger partial charge on any atom is 0.231 e. The van der Waals surface area contributed by atoms with Crippen molar-refractivity contribution in [3.63, 3.8) is 0 Å². The Balaban J connectivity index is 2.06. The molecule has 2 aliphatic rings. The van der Waals surface area contributed by atoms with Gasteiger partial charge >= 0.3 is 0 Å². The van der Waals surface area contributed by atoms with Crippen molar-refractivity contribution in [2.75, 3.05) is 34.7 Å². The number of benzene rings is 2. The van der Waals surface area contributed by atoms with Crippen molar-refractivity contribution in [3.8, 4) is 39.9 Å². The molecule has 146 valence electrons. The molecule has 7 nitrogen and oxygen atoms in total. The molecular weight excluding hydrogens is 364 g/mol. The molecule has 0 bridgehead atoms. The molecule has 1 aliphatic heterocycles. The van der Waals surface area contributed by atoms with E-state index in [1.54, 1.807) is 18.4 Å². The minimum absolute atomic E-state index is 0.0633. The summed E-state index contributed by atoms with van der Waals surface area (Å²) in [6.07, 6.45) is 3.39. The number of methoxy groups -OCH3 is 3. The fourth-order valence-electron chi connectivity index (χ4n) is 3.62. The Morgan fingerprint density at radius 1 is 1.00 bits per heavy atom. The maximum absolute atomic E-state index is 13.3. The van der Waals surface area contributed by atoms with Gasteiger partial charge in [0.05, 0.1) is 39.8 Å². The quantitative estimate of drug-likeness (QED) is 0.601. The van der Waals surface area contributed by atoms with Crippen LogP contribution in [0.2, 0.25) is 0 Å². The molecule has 1 aliphatic carbocycles.